The average Bonchev–Trinajstić information content (AvgIpc) is 2.44. The van der Waals surface area contributed by atoms with Gasteiger partial charge in [0.1, 0.15) is 0 Å². The van der Waals surface area contributed by atoms with Gasteiger partial charge in [-0.3, -0.25) is 4.57 Å². The van der Waals surface area contributed by atoms with E-state index in [4.69, 9.17) is 11.6 Å². The molecule has 0 aromatic carbocycles. The summed E-state index contributed by atoms with van der Waals surface area (Å²) in [6.07, 6.45) is -1.22. The first-order valence-electron chi connectivity index (χ1n) is 6.22. The van der Waals surface area contributed by atoms with E-state index >= 15 is 0 Å². The van der Waals surface area contributed by atoms with E-state index in [0.717, 1.165) is 4.57 Å². The van der Waals surface area contributed by atoms with E-state index in [1.54, 1.807) is 19.0 Å². The van der Waals surface area contributed by atoms with E-state index < -0.39 is 17.4 Å². The maximum Gasteiger partial charge on any atom is 0.417 e. The van der Waals surface area contributed by atoms with Crippen LogP contribution < -0.4 is 5.69 Å². The summed E-state index contributed by atoms with van der Waals surface area (Å²) >= 11 is 5.80. The monoisotopic (exact) mass is 345 g/mol. The molecule has 0 radical (unpaired) electrons. The molecule has 2 aromatic heterocycles. The maximum atomic E-state index is 12.6. The molecule has 0 aliphatic carbocycles. The Morgan fingerprint density at radius 3 is 2.61 bits per heavy atom. The van der Waals surface area contributed by atoms with Crippen molar-refractivity contribution in [2.75, 3.05) is 14.1 Å². The second-order valence-electron chi connectivity index (χ2n) is 4.67. The number of pyridine rings is 1. The van der Waals surface area contributed by atoms with Gasteiger partial charge in [-0.15, -0.1) is 0 Å². The lowest BCUT2D eigenvalue weighted by atomic mass is 10.3. The highest BCUT2D eigenvalue weighted by molar-refractivity contribution is 6.32. The molecular weight excluding hydrogens is 335 g/mol. The van der Waals surface area contributed by atoms with E-state index in [1.165, 1.54) is 18.6 Å². The van der Waals surface area contributed by atoms with Gasteiger partial charge in [-0.05, 0) is 12.1 Å². The van der Waals surface area contributed by atoms with Gasteiger partial charge in [-0.1, -0.05) is 11.6 Å². The van der Waals surface area contributed by atoms with Crippen molar-refractivity contribution in [3.8, 4) is 5.82 Å². The van der Waals surface area contributed by atoms with Gasteiger partial charge in [0.05, 0.1) is 16.9 Å². The van der Waals surface area contributed by atoms with Crippen LogP contribution in [-0.4, -0.2) is 39.9 Å². The normalized spacial score (nSPS) is 11.9. The Labute approximate surface area is 133 Å². The molecule has 2 rings (SSSR count). The van der Waals surface area contributed by atoms with Gasteiger partial charge < -0.3 is 4.90 Å². The van der Waals surface area contributed by atoms with Crippen molar-refractivity contribution in [1.82, 2.24) is 19.4 Å². The van der Waals surface area contributed by atoms with Crippen LogP contribution in [0.5, 0.6) is 0 Å². The number of hydrogen-bond acceptors (Lipinski definition) is 4. The highest BCUT2D eigenvalue weighted by Crippen LogP contribution is 2.31. The molecule has 2 aromatic rings. The number of aliphatic imine (C=N–C) groups is 1. The molecule has 0 bridgehead atoms. The van der Waals surface area contributed by atoms with Crippen molar-refractivity contribution in [1.29, 1.82) is 0 Å². The fourth-order valence-corrected chi connectivity index (χ4v) is 1.82. The van der Waals surface area contributed by atoms with E-state index in [9.17, 15) is 18.0 Å². The average molecular weight is 346 g/mol. The van der Waals surface area contributed by atoms with Crippen LogP contribution in [0, 0.1) is 0 Å². The van der Waals surface area contributed by atoms with Gasteiger partial charge in [-0.2, -0.15) is 18.2 Å². The molecule has 2 heterocycles. The summed E-state index contributed by atoms with van der Waals surface area (Å²) in [6.45, 7) is 0. The molecule has 0 amide bonds. The highest BCUT2D eigenvalue weighted by atomic mass is 35.5. The van der Waals surface area contributed by atoms with Crippen LogP contribution in [-0.2, 0) is 6.18 Å². The molecule has 0 saturated heterocycles. The second-order valence-corrected chi connectivity index (χ2v) is 5.08. The number of alkyl halides is 3. The van der Waals surface area contributed by atoms with Gasteiger partial charge in [0.2, 0.25) is 0 Å². The van der Waals surface area contributed by atoms with Crippen molar-refractivity contribution in [2.24, 2.45) is 4.99 Å². The Kier molecular flexibility index (Phi) is 4.69. The molecule has 122 valence electrons. The van der Waals surface area contributed by atoms with E-state index in [-0.39, 0.29) is 16.7 Å². The minimum absolute atomic E-state index is 0.139. The SMILES string of the molecule is CN(C)/C=N/c1ccn(-c2ncc(C(F)(F)F)cc2Cl)c(=O)n1. The van der Waals surface area contributed by atoms with Crippen LogP contribution >= 0.6 is 11.6 Å². The van der Waals surface area contributed by atoms with Crippen LogP contribution in [0.25, 0.3) is 5.82 Å². The first kappa shape index (κ1) is 16.9. The highest BCUT2D eigenvalue weighted by Gasteiger charge is 2.31. The Morgan fingerprint density at radius 2 is 2.09 bits per heavy atom. The lowest BCUT2D eigenvalue weighted by molar-refractivity contribution is -0.137. The molecule has 0 aliphatic rings. The van der Waals surface area contributed by atoms with Gasteiger partial charge >= 0.3 is 11.9 Å². The van der Waals surface area contributed by atoms with Crippen molar-refractivity contribution in [2.45, 2.75) is 6.18 Å². The number of rotatable bonds is 3. The Balaban J connectivity index is 2.42. The van der Waals surface area contributed by atoms with Gasteiger partial charge in [-0.25, -0.2) is 14.8 Å². The van der Waals surface area contributed by atoms with Crippen LogP contribution in [0.15, 0.2) is 34.3 Å². The zero-order valence-corrected chi connectivity index (χ0v) is 12.8. The van der Waals surface area contributed by atoms with Crippen LogP contribution in [0.3, 0.4) is 0 Å². The molecule has 0 N–H and O–H groups in total. The summed E-state index contributed by atoms with van der Waals surface area (Å²) in [4.78, 5) is 24.9. The molecule has 23 heavy (non-hydrogen) atoms. The van der Waals surface area contributed by atoms with Crippen LogP contribution in [0.4, 0.5) is 19.0 Å². The van der Waals surface area contributed by atoms with Crippen molar-refractivity contribution in [3.05, 3.63) is 45.6 Å². The third-order valence-corrected chi connectivity index (χ3v) is 2.87. The molecule has 10 heteroatoms. The zero-order valence-electron chi connectivity index (χ0n) is 12.0. The number of hydrogen-bond donors (Lipinski definition) is 0. The number of aromatic nitrogens is 3. The summed E-state index contributed by atoms with van der Waals surface area (Å²) in [7, 11) is 3.49. The second kappa shape index (κ2) is 6.37. The lowest BCUT2D eigenvalue weighted by Gasteiger charge is -2.10. The minimum Gasteiger partial charge on any atom is -0.369 e. The predicted octanol–water partition coefficient (Wildman–Crippen LogP) is 2.52. The third kappa shape index (κ3) is 4.07. The van der Waals surface area contributed by atoms with Crippen LogP contribution in [0.2, 0.25) is 5.02 Å². The fraction of sp³-hybridized carbons (Fsp3) is 0.231. The lowest BCUT2D eigenvalue weighted by Crippen LogP contribution is -2.22. The Hall–Kier alpha value is -2.42. The van der Waals surface area contributed by atoms with Crippen molar-refractivity contribution < 1.29 is 13.2 Å². The van der Waals surface area contributed by atoms with Gasteiger partial charge in [0.25, 0.3) is 0 Å². The van der Waals surface area contributed by atoms with Crippen molar-refractivity contribution in [3.63, 3.8) is 0 Å². The summed E-state index contributed by atoms with van der Waals surface area (Å²) in [5.74, 6) is 0.0169. The quantitative estimate of drug-likeness (QED) is 0.633. The first-order chi connectivity index (χ1) is 10.7. The first-order valence-corrected chi connectivity index (χ1v) is 6.59. The largest absolute Gasteiger partial charge is 0.417 e. The molecule has 0 spiro atoms. The molecule has 0 atom stereocenters. The summed E-state index contributed by atoms with van der Waals surface area (Å²) in [6, 6.07) is 2.12. The molecule has 0 fully saturated rings. The van der Waals surface area contributed by atoms with E-state index in [2.05, 4.69) is 15.0 Å². The standard InChI is InChI=1S/C13H11ClF3N5O/c1-21(2)7-19-10-3-4-22(12(23)20-10)11-9(14)5-8(6-18-11)13(15,16)17/h3-7H,1-2H3/b19-7+. The van der Waals surface area contributed by atoms with Crippen LogP contribution in [0.1, 0.15) is 5.56 Å². The summed E-state index contributed by atoms with van der Waals surface area (Å²) < 4.78 is 38.7. The van der Waals surface area contributed by atoms with Crippen molar-refractivity contribution >= 4 is 23.8 Å². The Morgan fingerprint density at radius 1 is 1.39 bits per heavy atom. The predicted molar refractivity (Wildman–Crippen MR) is 79.5 cm³/mol. The smallest absolute Gasteiger partial charge is 0.369 e. The zero-order chi connectivity index (χ0) is 17.2. The topological polar surface area (TPSA) is 63.4 Å². The van der Waals surface area contributed by atoms with E-state index in [1.807, 2.05) is 0 Å². The molecule has 0 unspecified atom stereocenters. The molecule has 0 saturated carbocycles. The Bertz CT molecular complexity index is 801. The molecule has 6 nitrogen and oxygen atoms in total. The molecule has 0 aliphatic heterocycles. The number of nitrogens with zero attached hydrogens (tertiary/aromatic N) is 5. The maximum absolute atomic E-state index is 12.6. The molecular formula is C13H11ClF3N5O. The third-order valence-electron chi connectivity index (χ3n) is 2.59. The van der Waals surface area contributed by atoms with Gasteiger partial charge in [0, 0.05) is 26.5 Å². The van der Waals surface area contributed by atoms with Gasteiger partial charge in [0.15, 0.2) is 11.6 Å². The summed E-state index contributed by atoms with van der Waals surface area (Å²) in [5.41, 5.74) is -1.76. The van der Waals surface area contributed by atoms with E-state index in [0.29, 0.717) is 12.3 Å². The number of halogens is 4. The minimum atomic E-state index is -4.57. The fourth-order valence-electron chi connectivity index (χ4n) is 1.56. The summed E-state index contributed by atoms with van der Waals surface area (Å²) in [5, 5.41) is -0.312.